The van der Waals surface area contributed by atoms with E-state index in [1.165, 1.54) is 5.69 Å². The summed E-state index contributed by atoms with van der Waals surface area (Å²) in [5, 5.41) is 2.85. The lowest BCUT2D eigenvalue weighted by Crippen LogP contribution is -2.33. The lowest BCUT2D eigenvalue weighted by atomic mass is 10.1. The third kappa shape index (κ3) is 7.75. The number of ether oxygens (including phenoxy) is 2. The standard InChI is InChI=1S/C26H37N3O3/c1-26(2,3)32-25(30)27-15-14-24(21-10-6-5-7-11-21)31-23-13-8-12-22(20-23)29-17-9-16-28(4)18-19-29/h5-8,10-13,20,24H,9,14-19H2,1-4H3,(H,27,30). The number of anilines is 1. The normalized spacial score (nSPS) is 16.2. The Balaban J connectivity index is 1.66. The van der Waals surface area contributed by atoms with E-state index < -0.39 is 11.7 Å². The second-order valence-corrected chi connectivity index (χ2v) is 9.38. The third-order valence-corrected chi connectivity index (χ3v) is 5.43. The second kappa shape index (κ2) is 11.2. The third-order valence-electron chi connectivity index (χ3n) is 5.43. The van der Waals surface area contributed by atoms with Gasteiger partial charge in [-0.15, -0.1) is 0 Å². The molecule has 0 aromatic heterocycles. The Labute approximate surface area is 192 Å². The molecule has 0 aliphatic carbocycles. The van der Waals surface area contributed by atoms with E-state index in [0.717, 1.165) is 43.9 Å². The number of nitrogens with one attached hydrogen (secondary N) is 1. The van der Waals surface area contributed by atoms with E-state index in [0.29, 0.717) is 13.0 Å². The molecule has 1 atom stereocenters. The van der Waals surface area contributed by atoms with Gasteiger partial charge in [0.05, 0.1) is 0 Å². The molecule has 1 aliphatic heterocycles. The number of carbonyl (C=O) groups is 1. The monoisotopic (exact) mass is 439 g/mol. The Kier molecular flexibility index (Phi) is 8.39. The number of hydrogen-bond donors (Lipinski definition) is 1. The Morgan fingerprint density at radius 3 is 2.56 bits per heavy atom. The highest BCUT2D eigenvalue weighted by molar-refractivity contribution is 5.67. The summed E-state index contributed by atoms with van der Waals surface area (Å²) in [5.41, 5.74) is 1.76. The average Bonchev–Trinajstić information content (AvgIpc) is 2.97. The zero-order valence-electron chi connectivity index (χ0n) is 19.8. The SMILES string of the molecule is CN1CCCN(c2cccc(OC(CCNC(=O)OC(C)(C)C)c3ccccc3)c2)CC1. The van der Waals surface area contributed by atoms with E-state index in [4.69, 9.17) is 9.47 Å². The van der Waals surface area contributed by atoms with Crippen molar-refractivity contribution in [3.63, 3.8) is 0 Å². The molecule has 6 heteroatoms. The highest BCUT2D eigenvalue weighted by Gasteiger charge is 2.19. The minimum absolute atomic E-state index is 0.170. The Morgan fingerprint density at radius 2 is 1.81 bits per heavy atom. The number of rotatable bonds is 7. The molecule has 6 nitrogen and oxygen atoms in total. The molecule has 1 fully saturated rings. The predicted octanol–water partition coefficient (Wildman–Crippen LogP) is 4.86. The second-order valence-electron chi connectivity index (χ2n) is 9.38. The van der Waals surface area contributed by atoms with Crippen molar-refractivity contribution >= 4 is 11.8 Å². The van der Waals surface area contributed by atoms with Crippen LogP contribution in [0.2, 0.25) is 0 Å². The average molecular weight is 440 g/mol. The number of hydrogen-bond acceptors (Lipinski definition) is 5. The lowest BCUT2D eigenvalue weighted by molar-refractivity contribution is 0.0520. The summed E-state index contributed by atoms with van der Waals surface area (Å²) < 4.78 is 11.8. The number of amides is 1. The van der Waals surface area contributed by atoms with E-state index in [9.17, 15) is 4.79 Å². The first-order chi connectivity index (χ1) is 15.3. The van der Waals surface area contributed by atoms with Gasteiger partial charge in [-0.05, 0) is 58.5 Å². The van der Waals surface area contributed by atoms with Gasteiger partial charge in [-0.2, -0.15) is 0 Å². The first-order valence-electron chi connectivity index (χ1n) is 11.5. The van der Waals surface area contributed by atoms with Gasteiger partial charge in [-0.1, -0.05) is 36.4 Å². The molecule has 0 saturated carbocycles. The highest BCUT2D eigenvalue weighted by atomic mass is 16.6. The van der Waals surface area contributed by atoms with Crippen LogP contribution in [0.15, 0.2) is 54.6 Å². The van der Waals surface area contributed by atoms with Gasteiger partial charge in [-0.25, -0.2) is 4.79 Å². The molecule has 0 spiro atoms. The summed E-state index contributed by atoms with van der Waals surface area (Å²) in [6.07, 6.45) is 1.22. The van der Waals surface area contributed by atoms with Crippen molar-refractivity contribution in [2.45, 2.75) is 45.3 Å². The van der Waals surface area contributed by atoms with E-state index >= 15 is 0 Å². The summed E-state index contributed by atoms with van der Waals surface area (Å²) in [4.78, 5) is 16.8. The maximum absolute atomic E-state index is 12.0. The van der Waals surface area contributed by atoms with Gasteiger partial charge in [0.1, 0.15) is 17.5 Å². The van der Waals surface area contributed by atoms with Gasteiger partial charge >= 0.3 is 6.09 Å². The van der Waals surface area contributed by atoms with Crippen LogP contribution >= 0.6 is 0 Å². The molecule has 1 aliphatic rings. The van der Waals surface area contributed by atoms with Crippen molar-refractivity contribution in [1.29, 1.82) is 0 Å². The number of carbonyl (C=O) groups excluding carboxylic acids is 1. The maximum atomic E-state index is 12.0. The molecule has 32 heavy (non-hydrogen) atoms. The van der Waals surface area contributed by atoms with Crippen LogP contribution in [0.3, 0.4) is 0 Å². The van der Waals surface area contributed by atoms with Crippen LogP contribution in [0.1, 0.15) is 45.3 Å². The van der Waals surface area contributed by atoms with Gasteiger partial charge < -0.3 is 24.6 Å². The lowest BCUT2D eigenvalue weighted by Gasteiger charge is -2.25. The molecule has 0 bridgehead atoms. The highest BCUT2D eigenvalue weighted by Crippen LogP contribution is 2.28. The number of nitrogens with zero attached hydrogens (tertiary/aromatic N) is 2. The fraction of sp³-hybridized carbons (Fsp3) is 0.500. The van der Waals surface area contributed by atoms with Gasteiger partial charge in [0.15, 0.2) is 0 Å². The molecule has 1 heterocycles. The summed E-state index contributed by atoms with van der Waals surface area (Å²) in [6.45, 7) is 10.3. The molecular formula is C26H37N3O3. The quantitative estimate of drug-likeness (QED) is 0.667. The van der Waals surface area contributed by atoms with Crippen LogP contribution < -0.4 is 15.0 Å². The number of alkyl carbamates (subject to hydrolysis) is 1. The largest absolute Gasteiger partial charge is 0.486 e. The van der Waals surface area contributed by atoms with E-state index in [1.807, 2.05) is 45.0 Å². The van der Waals surface area contributed by atoms with Gasteiger partial charge in [-0.3, -0.25) is 0 Å². The van der Waals surface area contributed by atoms with E-state index in [2.05, 4.69) is 52.5 Å². The number of likely N-dealkylation sites (N-methyl/N-ethyl adjacent to an activating group) is 1. The van der Waals surface area contributed by atoms with Gasteiger partial charge in [0.25, 0.3) is 0 Å². The zero-order valence-corrected chi connectivity index (χ0v) is 19.8. The minimum Gasteiger partial charge on any atom is -0.486 e. The first-order valence-corrected chi connectivity index (χ1v) is 11.5. The summed E-state index contributed by atoms with van der Waals surface area (Å²) in [6, 6.07) is 18.5. The van der Waals surface area contributed by atoms with Crippen molar-refractivity contribution in [2.75, 3.05) is 44.7 Å². The van der Waals surface area contributed by atoms with Crippen molar-refractivity contribution in [3.05, 3.63) is 60.2 Å². The summed E-state index contributed by atoms with van der Waals surface area (Å²) in [5.74, 6) is 0.839. The van der Waals surface area contributed by atoms with Crippen LogP contribution in [0.5, 0.6) is 5.75 Å². The minimum atomic E-state index is -0.512. The topological polar surface area (TPSA) is 54.0 Å². The maximum Gasteiger partial charge on any atom is 0.407 e. The molecular weight excluding hydrogens is 402 g/mol. The fourth-order valence-corrected chi connectivity index (χ4v) is 3.80. The van der Waals surface area contributed by atoms with Crippen molar-refractivity contribution < 1.29 is 14.3 Å². The van der Waals surface area contributed by atoms with Gasteiger partial charge in [0, 0.05) is 44.4 Å². The molecule has 2 aromatic rings. The number of benzene rings is 2. The molecule has 2 aromatic carbocycles. The molecule has 174 valence electrons. The van der Waals surface area contributed by atoms with Crippen LogP contribution in [-0.2, 0) is 4.74 Å². The van der Waals surface area contributed by atoms with Crippen molar-refractivity contribution in [2.24, 2.45) is 0 Å². The van der Waals surface area contributed by atoms with Crippen LogP contribution in [0, 0.1) is 0 Å². The van der Waals surface area contributed by atoms with Crippen molar-refractivity contribution in [3.8, 4) is 5.75 Å². The Bertz CT molecular complexity index is 851. The molecule has 1 saturated heterocycles. The van der Waals surface area contributed by atoms with Gasteiger partial charge in [0.2, 0.25) is 0 Å². The van der Waals surface area contributed by atoms with Crippen molar-refractivity contribution in [1.82, 2.24) is 10.2 Å². The Hall–Kier alpha value is -2.73. The van der Waals surface area contributed by atoms with E-state index in [-0.39, 0.29) is 6.10 Å². The molecule has 0 radical (unpaired) electrons. The molecule has 1 N–H and O–H groups in total. The molecule has 1 amide bonds. The summed E-state index contributed by atoms with van der Waals surface area (Å²) in [7, 11) is 2.18. The summed E-state index contributed by atoms with van der Waals surface area (Å²) >= 11 is 0. The van der Waals surface area contributed by atoms with Crippen LogP contribution in [0.25, 0.3) is 0 Å². The first kappa shape index (κ1) is 23.9. The molecule has 3 rings (SSSR count). The van der Waals surface area contributed by atoms with Crippen LogP contribution in [-0.4, -0.2) is 56.4 Å². The molecule has 1 unspecified atom stereocenters. The van der Waals surface area contributed by atoms with E-state index in [1.54, 1.807) is 0 Å². The fourth-order valence-electron chi connectivity index (χ4n) is 3.80. The van der Waals surface area contributed by atoms with Crippen LogP contribution in [0.4, 0.5) is 10.5 Å². The predicted molar refractivity (Wildman–Crippen MR) is 129 cm³/mol. The smallest absolute Gasteiger partial charge is 0.407 e. The zero-order chi connectivity index (χ0) is 23.0. The Morgan fingerprint density at radius 1 is 1.03 bits per heavy atom.